The Labute approximate surface area is 104 Å². The Morgan fingerprint density at radius 2 is 2.12 bits per heavy atom. The number of nitrogens with zero attached hydrogens (tertiary/aromatic N) is 1. The van der Waals surface area contributed by atoms with Crippen molar-refractivity contribution in [3.8, 4) is 0 Å². The normalized spacial score (nSPS) is 24.9. The van der Waals surface area contributed by atoms with Crippen LogP contribution in [0.2, 0.25) is 0 Å². The predicted octanol–water partition coefficient (Wildman–Crippen LogP) is 1.83. The second kappa shape index (κ2) is 7.67. The third-order valence-electron chi connectivity index (χ3n) is 3.49. The molecule has 4 heteroatoms. The SMILES string of the molecule is CCOC(=O)CN(CC)C1CCCC(OC)C1. The van der Waals surface area contributed by atoms with Gasteiger partial charge in [-0.3, -0.25) is 9.69 Å². The van der Waals surface area contributed by atoms with Crippen LogP contribution in [0.3, 0.4) is 0 Å². The molecule has 0 saturated heterocycles. The maximum absolute atomic E-state index is 11.5. The van der Waals surface area contributed by atoms with Gasteiger partial charge in [-0.05, 0) is 39.2 Å². The molecule has 1 aliphatic rings. The molecule has 4 nitrogen and oxygen atoms in total. The molecule has 0 spiro atoms. The molecule has 1 rings (SSSR count). The fraction of sp³-hybridized carbons (Fsp3) is 0.923. The van der Waals surface area contributed by atoms with E-state index >= 15 is 0 Å². The maximum atomic E-state index is 11.5. The molecule has 0 heterocycles. The lowest BCUT2D eigenvalue weighted by Crippen LogP contribution is -2.43. The molecule has 2 atom stereocenters. The van der Waals surface area contributed by atoms with Crippen molar-refractivity contribution in [1.29, 1.82) is 0 Å². The van der Waals surface area contributed by atoms with Crippen molar-refractivity contribution in [2.45, 2.75) is 51.7 Å². The summed E-state index contributed by atoms with van der Waals surface area (Å²) in [6.07, 6.45) is 4.87. The highest BCUT2D eigenvalue weighted by molar-refractivity contribution is 5.71. The summed E-state index contributed by atoms with van der Waals surface area (Å²) >= 11 is 0. The molecule has 0 aromatic rings. The minimum atomic E-state index is -0.117. The fourth-order valence-electron chi connectivity index (χ4n) is 2.54. The molecule has 0 N–H and O–H groups in total. The minimum Gasteiger partial charge on any atom is -0.465 e. The molecule has 0 bridgehead atoms. The first-order valence-electron chi connectivity index (χ1n) is 6.63. The smallest absolute Gasteiger partial charge is 0.320 e. The number of carbonyl (C=O) groups excluding carboxylic acids is 1. The Balaban J connectivity index is 2.45. The summed E-state index contributed by atoms with van der Waals surface area (Å²) in [6, 6.07) is 0.461. The van der Waals surface area contributed by atoms with Gasteiger partial charge in [0.05, 0.1) is 19.3 Å². The number of rotatable bonds is 6. The van der Waals surface area contributed by atoms with E-state index in [0.29, 0.717) is 25.3 Å². The number of methoxy groups -OCH3 is 1. The molecule has 0 aliphatic heterocycles. The Morgan fingerprint density at radius 1 is 1.35 bits per heavy atom. The van der Waals surface area contributed by atoms with E-state index in [9.17, 15) is 4.79 Å². The van der Waals surface area contributed by atoms with Gasteiger partial charge in [-0.15, -0.1) is 0 Å². The van der Waals surface area contributed by atoms with Crippen LogP contribution in [0.4, 0.5) is 0 Å². The van der Waals surface area contributed by atoms with Crippen molar-refractivity contribution in [3.63, 3.8) is 0 Å². The predicted molar refractivity (Wildman–Crippen MR) is 66.9 cm³/mol. The van der Waals surface area contributed by atoms with Gasteiger partial charge in [-0.2, -0.15) is 0 Å². The van der Waals surface area contributed by atoms with Gasteiger partial charge < -0.3 is 9.47 Å². The van der Waals surface area contributed by atoms with Crippen molar-refractivity contribution in [3.05, 3.63) is 0 Å². The molecular formula is C13H25NO3. The summed E-state index contributed by atoms with van der Waals surface area (Å²) < 4.78 is 10.4. The molecule has 17 heavy (non-hydrogen) atoms. The molecule has 100 valence electrons. The van der Waals surface area contributed by atoms with Crippen LogP contribution in [0.5, 0.6) is 0 Å². The highest BCUT2D eigenvalue weighted by Gasteiger charge is 2.27. The van der Waals surface area contributed by atoms with Gasteiger partial charge in [0, 0.05) is 13.2 Å². The van der Waals surface area contributed by atoms with E-state index in [2.05, 4.69) is 11.8 Å². The van der Waals surface area contributed by atoms with Gasteiger partial charge in [0.15, 0.2) is 0 Å². The average molecular weight is 243 g/mol. The third-order valence-corrected chi connectivity index (χ3v) is 3.49. The molecular weight excluding hydrogens is 218 g/mol. The van der Waals surface area contributed by atoms with Crippen LogP contribution in [0.15, 0.2) is 0 Å². The van der Waals surface area contributed by atoms with Gasteiger partial charge in [-0.25, -0.2) is 0 Å². The van der Waals surface area contributed by atoms with Crippen LogP contribution < -0.4 is 0 Å². The van der Waals surface area contributed by atoms with Crippen LogP contribution in [-0.2, 0) is 14.3 Å². The van der Waals surface area contributed by atoms with Gasteiger partial charge >= 0.3 is 5.97 Å². The summed E-state index contributed by atoms with van der Waals surface area (Å²) in [4.78, 5) is 13.7. The van der Waals surface area contributed by atoms with E-state index < -0.39 is 0 Å². The Kier molecular flexibility index (Phi) is 6.52. The van der Waals surface area contributed by atoms with E-state index in [1.165, 1.54) is 6.42 Å². The zero-order valence-electron chi connectivity index (χ0n) is 11.3. The third kappa shape index (κ3) is 4.64. The summed E-state index contributed by atoms with van der Waals surface area (Å²) in [6.45, 7) is 5.69. The van der Waals surface area contributed by atoms with Gasteiger partial charge in [0.1, 0.15) is 0 Å². The second-order valence-corrected chi connectivity index (χ2v) is 4.55. The number of carbonyl (C=O) groups is 1. The minimum absolute atomic E-state index is 0.117. The van der Waals surface area contributed by atoms with E-state index in [-0.39, 0.29) is 5.97 Å². The topological polar surface area (TPSA) is 38.8 Å². The number of hydrogen-bond acceptors (Lipinski definition) is 4. The van der Waals surface area contributed by atoms with Gasteiger partial charge in [0.25, 0.3) is 0 Å². The monoisotopic (exact) mass is 243 g/mol. The van der Waals surface area contributed by atoms with E-state index in [0.717, 1.165) is 25.8 Å². The van der Waals surface area contributed by atoms with Crippen molar-refractivity contribution < 1.29 is 14.3 Å². The lowest BCUT2D eigenvalue weighted by molar-refractivity contribution is -0.145. The first kappa shape index (κ1) is 14.5. The molecule has 0 aromatic heterocycles. The first-order valence-corrected chi connectivity index (χ1v) is 6.63. The van der Waals surface area contributed by atoms with Crippen molar-refractivity contribution in [2.24, 2.45) is 0 Å². The van der Waals surface area contributed by atoms with E-state index in [1.54, 1.807) is 7.11 Å². The first-order chi connectivity index (χ1) is 8.21. The van der Waals surface area contributed by atoms with Gasteiger partial charge in [0.2, 0.25) is 0 Å². The highest BCUT2D eigenvalue weighted by atomic mass is 16.5. The zero-order chi connectivity index (χ0) is 12.7. The van der Waals surface area contributed by atoms with Crippen LogP contribution in [0.1, 0.15) is 39.5 Å². The standard InChI is InChI=1S/C13H25NO3/c1-4-14(10-13(15)17-5-2)11-7-6-8-12(9-11)16-3/h11-12H,4-10H2,1-3H3. The lowest BCUT2D eigenvalue weighted by Gasteiger charge is -2.35. The lowest BCUT2D eigenvalue weighted by atomic mass is 9.91. The molecule has 1 saturated carbocycles. The van der Waals surface area contributed by atoms with Crippen LogP contribution >= 0.6 is 0 Å². The van der Waals surface area contributed by atoms with Crippen molar-refractivity contribution >= 4 is 5.97 Å². The summed E-state index contributed by atoms with van der Waals surface area (Å²) in [5.74, 6) is -0.117. The molecule has 1 aliphatic carbocycles. The molecule has 0 amide bonds. The fourth-order valence-corrected chi connectivity index (χ4v) is 2.54. The van der Waals surface area contributed by atoms with Crippen LogP contribution in [-0.4, -0.2) is 49.8 Å². The largest absolute Gasteiger partial charge is 0.465 e. The van der Waals surface area contributed by atoms with E-state index in [4.69, 9.17) is 9.47 Å². The van der Waals surface area contributed by atoms with Gasteiger partial charge in [-0.1, -0.05) is 6.92 Å². The average Bonchev–Trinajstić information content (AvgIpc) is 2.36. The summed E-state index contributed by atoms with van der Waals surface area (Å²) in [5.41, 5.74) is 0. The summed E-state index contributed by atoms with van der Waals surface area (Å²) in [7, 11) is 1.77. The maximum Gasteiger partial charge on any atom is 0.320 e. The number of likely N-dealkylation sites (N-methyl/N-ethyl adjacent to an activating group) is 1. The highest BCUT2D eigenvalue weighted by Crippen LogP contribution is 2.24. The Hall–Kier alpha value is -0.610. The van der Waals surface area contributed by atoms with Crippen molar-refractivity contribution in [2.75, 3.05) is 26.8 Å². The second-order valence-electron chi connectivity index (χ2n) is 4.55. The molecule has 0 aromatic carbocycles. The number of hydrogen-bond donors (Lipinski definition) is 0. The number of esters is 1. The number of ether oxygens (including phenoxy) is 2. The van der Waals surface area contributed by atoms with Crippen LogP contribution in [0, 0.1) is 0 Å². The quantitative estimate of drug-likeness (QED) is 0.667. The summed E-state index contributed by atoms with van der Waals surface area (Å²) in [5, 5.41) is 0. The van der Waals surface area contributed by atoms with Crippen LogP contribution in [0.25, 0.3) is 0 Å². The van der Waals surface area contributed by atoms with E-state index in [1.807, 2.05) is 6.92 Å². The zero-order valence-corrected chi connectivity index (χ0v) is 11.3. The molecule has 1 fully saturated rings. The van der Waals surface area contributed by atoms with Crippen molar-refractivity contribution in [1.82, 2.24) is 4.90 Å². The molecule has 2 unspecified atom stereocenters. The Bertz CT molecular complexity index is 233. The Morgan fingerprint density at radius 3 is 2.71 bits per heavy atom. The molecule has 0 radical (unpaired) electrons.